The van der Waals surface area contributed by atoms with E-state index in [1.807, 2.05) is 4.90 Å². The molecular weight excluding hydrogens is 599 g/mol. The summed E-state index contributed by atoms with van der Waals surface area (Å²) in [6.45, 7) is 2.77. The number of ether oxygens (including phenoxy) is 3. The molecule has 0 unspecified atom stereocenters. The van der Waals surface area contributed by atoms with Crippen molar-refractivity contribution in [2.75, 3.05) is 33.5 Å². The van der Waals surface area contributed by atoms with Crippen LogP contribution in [0, 0.1) is 17.6 Å². The van der Waals surface area contributed by atoms with Crippen molar-refractivity contribution in [1.29, 1.82) is 0 Å². The van der Waals surface area contributed by atoms with Crippen LogP contribution in [0.4, 0.5) is 22.0 Å². The Morgan fingerprint density at radius 2 is 1.77 bits per heavy atom. The Morgan fingerprint density at radius 3 is 2.40 bits per heavy atom. The first-order chi connectivity index (χ1) is 20.4. The number of amides is 1. The second-order valence-corrected chi connectivity index (χ2v) is 11.8. The van der Waals surface area contributed by atoms with E-state index in [0.29, 0.717) is 37.7 Å². The number of likely N-dealkylation sites (tertiary alicyclic amines) is 1. The highest BCUT2D eigenvalue weighted by molar-refractivity contribution is 6.30. The number of benzene rings is 2. The lowest BCUT2D eigenvalue weighted by molar-refractivity contribution is -0.145. The first-order valence-corrected chi connectivity index (χ1v) is 14.5. The number of methoxy groups -OCH3 is 1. The molecule has 3 fully saturated rings. The summed E-state index contributed by atoms with van der Waals surface area (Å²) in [5, 5.41) is -0.564. The molecule has 2 aromatic rings. The van der Waals surface area contributed by atoms with Gasteiger partial charge in [0.1, 0.15) is 24.1 Å². The first-order valence-electron chi connectivity index (χ1n) is 14.1. The highest BCUT2D eigenvalue weighted by Crippen LogP contribution is 2.45. The molecule has 7 nitrogen and oxygen atoms in total. The molecule has 5 rings (SSSR count). The Hall–Kier alpha value is -2.96. The minimum absolute atomic E-state index is 0.00669. The molecule has 2 aliphatic heterocycles. The van der Waals surface area contributed by atoms with Gasteiger partial charge in [0.05, 0.1) is 36.0 Å². The second kappa shape index (κ2) is 12.6. The largest absolute Gasteiger partial charge is 0.493 e. The fraction of sp³-hybridized carbons (Fsp3) is 0.533. The summed E-state index contributed by atoms with van der Waals surface area (Å²) in [4.78, 5) is 28.6. The Bertz CT molecular complexity index is 1380. The van der Waals surface area contributed by atoms with E-state index in [4.69, 9.17) is 25.8 Å². The molecular formula is C30H32ClF5N2O5. The van der Waals surface area contributed by atoms with E-state index in [1.165, 1.54) is 24.1 Å². The Morgan fingerprint density at radius 1 is 1.07 bits per heavy atom. The van der Waals surface area contributed by atoms with Crippen LogP contribution >= 0.6 is 11.6 Å². The van der Waals surface area contributed by atoms with Crippen LogP contribution in [0.1, 0.15) is 65.6 Å². The normalized spacial score (nSPS) is 21.7. The minimum Gasteiger partial charge on any atom is -0.493 e. The van der Waals surface area contributed by atoms with Crippen molar-refractivity contribution in [2.24, 2.45) is 5.92 Å². The number of hydrogen-bond acceptors (Lipinski definition) is 6. The number of piperidine rings is 1. The standard InChI is InChI=1S/C30H32ClF5N2O5/c1-16-27(29(40)41-2)38(15-43-16)28(39)22-11-21(18-3-4-18)25(12-24(22)32)42-14-17-5-7-37(8-6-17)13-19-9-20(30(34,35)36)10-23(31)26(19)33/h9-12,16-18,27H,3-8,13-15H2,1-2H3/t16-,27+/m1/s1. The lowest BCUT2D eigenvalue weighted by Gasteiger charge is -2.32. The minimum atomic E-state index is -4.63. The maximum atomic E-state index is 15.3. The lowest BCUT2D eigenvalue weighted by atomic mass is 9.97. The molecule has 0 N–H and O–H groups in total. The number of nitrogens with zero attached hydrogens (tertiary/aromatic N) is 2. The van der Waals surface area contributed by atoms with Crippen molar-refractivity contribution < 1.29 is 45.8 Å². The van der Waals surface area contributed by atoms with Crippen LogP contribution in [0.2, 0.25) is 5.02 Å². The van der Waals surface area contributed by atoms with Gasteiger partial charge in [-0.1, -0.05) is 11.6 Å². The summed E-state index contributed by atoms with van der Waals surface area (Å²) >= 11 is 5.72. The number of halogens is 6. The molecule has 2 saturated heterocycles. The van der Waals surface area contributed by atoms with Crippen LogP contribution < -0.4 is 4.74 Å². The van der Waals surface area contributed by atoms with Gasteiger partial charge >= 0.3 is 12.1 Å². The van der Waals surface area contributed by atoms with Crippen molar-refractivity contribution >= 4 is 23.5 Å². The van der Waals surface area contributed by atoms with Crippen molar-refractivity contribution in [3.8, 4) is 5.75 Å². The highest BCUT2D eigenvalue weighted by Gasteiger charge is 2.43. The molecule has 0 bridgehead atoms. The lowest BCUT2D eigenvalue weighted by Crippen LogP contribution is -2.45. The number of carbonyl (C=O) groups excluding carboxylic acids is 2. The average Bonchev–Trinajstić information content (AvgIpc) is 3.74. The number of alkyl halides is 3. The molecule has 0 spiro atoms. The van der Waals surface area contributed by atoms with Gasteiger partial charge in [-0.05, 0) is 81.3 Å². The molecule has 0 aromatic heterocycles. The Labute approximate surface area is 250 Å². The van der Waals surface area contributed by atoms with E-state index >= 15 is 4.39 Å². The quantitative estimate of drug-likeness (QED) is 0.257. The summed E-state index contributed by atoms with van der Waals surface area (Å²) < 4.78 is 85.6. The zero-order valence-corrected chi connectivity index (χ0v) is 24.4. The predicted octanol–water partition coefficient (Wildman–Crippen LogP) is 6.17. The number of carbonyl (C=O) groups is 2. The van der Waals surface area contributed by atoms with Crippen molar-refractivity contribution in [3.63, 3.8) is 0 Å². The predicted molar refractivity (Wildman–Crippen MR) is 146 cm³/mol. The van der Waals surface area contributed by atoms with E-state index in [0.717, 1.165) is 24.5 Å². The first kappa shape index (κ1) is 31.5. The third kappa shape index (κ3) is 6.91. The number of rotatable bonds is 8. The molecule has 234 valence electrons. The molecule has 1 saturated carbocycles. The summed E-state index contributed by atoms with van der Waals surface area (Å²) in [5.74, 6) is -2.37. The molecule has 43 heavy (non-hydrogen) atoms. The van der Waals surface area contributed by atoms with E-state index in [2.05, 4.69) is 0 Å². The van der Waals surface area contributed by atoms with E-state index < -0.39 is 52.4 Å². The SMILES string of the molecule is COC(=O)[C@@H]1[C@@H](C)OCN1C(=O)c1cc(C2CC2)c(OCC2CCN(Cc3cc(C(F)(F)F)cc(Cl)c3F)CC2)cc1F. The van der Waals surface area contributed by atoms with Crippen LogP contribution in [-0.2, 0) is 27.0 Å². The van der Waals surface area contributed by atoms with Crippen LogP contribution in [-0.4, -0.2) is 67.4 Å². The van der Waals surface area contributed by atoms with Crippen LogP contribution in [0.3, 0.4) is 0 Å². The van der Waals surface area contributed by atoms with Gasteiger partial charge in [0.25, 0.3) is 5.91 Å². The summed E-state index contributed by atoms with van der Waals surface area (Å²) in [6.07, 6.45) is -2.19. The number of hydrogen-bond donors (Lipinski definition) is 0. The van der Waals surface area contributed by atoms with Gasteiger partial charge in [0, 0.05) is 18.2 Å². The van der Waals surface area contributed by atoms with Crippen LogP contribution in [0.5, 0.6) is 5.75 Å². The third-order valence-electron chi connectivity index (χ3n) is 8.31. The second-order valence-electron chi connectivity index (χ2n) is 11.3. The van der Waals surface area contributed by atoms with Crippen molar-refractivity contribution in [2.45, 2.75) is 63.4 Å². The fourth-order valence-electron chi connectivity index (χ4n) is 5.66. The summed E-state index contributed by atoms with van der Waals surface area (Å²) in [7, 11) is 1.21. The van der Waals surface area contributed by atoms with E-state index in [1.54, 1.807) is 6.92 Å². The van der Waals surface area contributed by atoms with Crippen molar-refractivity contribution in [1.82, 2.24) is 9.80 Å². The van der Waals surface area contributed by atoms with Gasteiger partial charge in [0.15, 0.2) is 6.04 Å². The topological polar surface area (TPSA) is 68.3 Å². The van der Waals surface area contributed by atoms with Gasteiger partial charge in [0.2, 0.25) is 0 Å². The Kier molecular flexibility index (Phi) is 9.20. The van der Waals surface area contributed by atoms with Gasteiger partial charge in [-0.2, -0.15) is 13.2 Å². The van der Waals surface area contributed by atoms with Crippen LogP contribution in [0.15, 0.2) is 24.3 Å². The van der Waals surface area contributed by atoms with Gasteiger partial charge < -0.3 is 14.2 Å². The molecule has 2 atom stereocenters. The van der Waals surface area contributed by atoms with E-state index in [-0.39, 0.29) is 42.8 Å². The molecule has 1 aliphatic carbocycles. The van der Waals surface area contributed by atoms with Crippen LogP contribution in [0.25, 0.3) is 0 Å². The Balaban J connectivity index is 1.22. The molecule has 2 heterocycles. The van der Waals surface area contributed by atoms with Crippen molar-refractivity contribution in [3.05, 3.63) is 63.2 Å². The maximum Gasteiger partial charge on any atom is 0.416 e. The third-order valence-corrected chi connectivity index (χ3v) is 8.59. The smallest absolute Gasteiger partial charge is 0.416 e. The summed E-state index contributed by atoms with van der Waals surface area (Å²) in [6, 6.07) is 3.12. The summed E-state index contributed by atoms with van der Waals surface area (Å²) in [5.41, 5.74) is -0.547. The van der Waals surface area contributed by atoms with Gasteiger partial charge in [-0.15, -0.1) is 0 Å². The molecule has 3 aliphatic rings. The molecule has 1 amide bonds. The molecule has 13 heteroatoms. The highest BCUT2D eigenvalue weighted by atomic mass is 35.5. The van der Waals surface area contributed by atoms with Gasteiger partial charge in [-0.25, -0.2) is 13.6 Å². The zero-order chi connectivity index (χ0) is 31.1. The molecule has 2 aromatic carbocycles. The molecule has 0 radical (unpaired) electrons. The van der Waals surface area contributed by atoms with Gasteiger partial charge in [-0.3, -0.25) is 14.6 Å². The van der Waals surface area contributed by atoms with E-state index in [9.17, 15) is 27.2 Å². The average molecular weight is 631 g/mol. The number of esters is 1. The maximum absolute atomic E-state index is 15.3. The zero-order valence-electron chi connectivity index (χ0n) is 23.7. The fourth-order valence-corrected chi connectivity index (χ4v) is 5.90. The monoisotopic (exact) mass is 630 g/mol.